The Balaban J connectivity index is 1.71. The van der Waals surface area contributed by atoms with Crippen molar-refractivity contribution in [3.8, 4) is 5.88 Å². The Labute approximate surface area is 158 Å². The van der Waals surface area contributed by atoms with Crippen molar-refractivity contribution in [1.82, 2.24) is 9.88 Å². The molecule has 0 spiro atoms. The van der Waals surface area contributed by atoms with Crippen LogP contribution < -0.4 is 4.74 Å². The molecular weight excluding hydrogens is 344 g/mol. The third-order valence-corrected chi connectivity index (χ3v) is 4.98. The summed E-state index contributed by atoms with van der Waals surface area (Å²) in [6, 6.07) is 12.7. The minimum atomic E-state index is -0.939. The maximum atomic E-state index is 12.7. The lowest BCUT2D eigenvalue weighted by molar-refractivity contribution is -0.145. The molecule has 6 heteroatoms. The smallest absolute Gasteiger partial charge is 0.314 e. The Morgan fingerprint density at radius 3 is 2.30 bits per heavy atom. The average molecular weight is 368 g/mol. The van der Waals surface area contributed by atoms with Crippen molar-refractivity contribution in [2.75, 3.05) is 13.1 Å². The molecule has 6 nitrogen and oxygen atoms in total. The van der Waals surface area contributed by atoms with Crippen molar-refractivity contribution >= 4 is 11.9 Å². The molecule has 2 aromatic rings. The molecule has 1 N–H and O–H groups in total. The van der Waals surface area contributed by atoms with Crippen LogP contribution in [0.4, 0.5) is 0 Å². The molecule has 0 aliphatic carbocycles. The summed E-state index contributed by atoms with van der Waals surface area (Å²) in [4.78, 5) is 30.6. The summed E-state index contributed by atoms with van der Waals surface area (Å²) in [5.41, 5.74) is 0.334. The lowest BCUT2D eigenvalue weighted by Crippen LogP contribution is -2.49. The lowest BCUT2D eigenvalue weighted by Gasteiger charge is -2.39. The van der Waals surface area contributed by atoms with Crippen LogP contribution in [-0.4, -0.2) is 46.1 Å². The van der Waals surface area contributed by atoms with Gasteiger partial charge in [-0.3, -0.25) is 9.59 Å². The highest BCUT2D eigenvalue weighted by Crippen LogP contribution is 2.36. The molecule has 0 radical (unpaired) electrons. The van der Waals surface area contributed by atoms with Crippen LogP contribution in [0.3, 0.4) is 0 Å². The molecule has 1 aromatic carbocycles. The molecule has 0 atom stereocenters. The SMILES string of the molecule is CC(C)Oc1ccc(C(=O)N2CCC(C(=O)O)(c3ccccc3)CC2)cn1. The molecule has 3 rings (SSSR count). The minimum absolute atomic E-state index is 0.0169. The van der Waals surface area contributed by atoms with Crippen LogP contribution in [0.25, 0.3) is 0 Å². The van der Waals surface area contributed by atoms with Gasteiger partial charge in [-0.25, -0.2) is 4.98 Å². The Morgan fingerprint density at radius 1 is 1.11 bits per heavy atom. The maximum absolute atomic E-state index is 12.7. The molecule has 1 fully saturated rings. The monoisotopic (exact) mass is 368 g/mol. The van der Waals surface area contributed by atoms with E-state index in [1.807, 2.05) is 44.2 Å². The molecule has 1 saturated heterocycles. The molecule has 1 amide bonds. The normalized spacial score (nSPS) is 16.2. The molecular formula is C21H24N2O4. The number of nitrogens with zero attached hydrogens (tertiary/aromatic N) is 2. The first kappa shape index (κ1) is 18.9. The van der Waals surface area contributed by atoms with Crippen molar-refractivity contribution in [2.45, 2.75) is 38.2 Å². The summed E-state index contributed by atoms with van der Waals surface area (Å²) in [6.07, 6.45) is 2.31. The molecule has 0 bridgehead atoms. The van der Waals surface area contributed by atoms with Gasteiger partial charge >= 0.3 is 5.97 Å². The number of hydrogen-bond donors (Lipinski definition) is 1. The van der Waals surface area contributed by atoms with Gasteiger partial charge in [-0.2, -0.15) is 0 Å². The van der Waals surface area contributed by atoms with E-state index in [9.17, 15) is 14.7 Å². The number of benzene rings is 1. The van der Waals surface area contributed by atoms with E-state index in [0.717, 1.165) is 5.56 Å². The van der Waals surface area contributed by atoms with E-state index in [1.165, 1.54) is 6.20 Å². The molecule has 0 saturated carbocycles. The van der Waals surface area contributed by atoms with Gasteiger partial charge in [0.15, 0.2) is 0 Å². The van der Waals surface area contributed by atoms with Crippen molar-refractivity contribution in [2.24, 2.45) is 0 Å². The highest BCUT2D eigenvalue weighted by atomic mass is 16.5. The first-order valence-corrected chi connectivity index (χ1v) is 9.13. The second-order valence-corrected chi connectivity index (χ2v) is 7.10. The fourth-order valence-corrected chi connectivity index (χ4v) is 3.48. The molecule has 1 aliphatic rings. The number of hydrogen-bond acceptors (Lipinski definition) is 4. The molecule has 0 unspecified atom stereocenters. The second-order valence-electron chi connectivity index (χ2n) is 7.10. The van der Waals surface area contributed by atoms with Crippen molar-refractivity contribution in [1.29, 1.82) is 0 Å². The van der Waals surface area contributed by atoms with Crippen LogP contribution in [0, 0.1) is 0 Å². The fraction of sp³-hybridized carbons (Fsp3) is 0.381. The van der Waals surface area contributed by atoms with Crippen molar-refractivity contribution in [3.05, 3.63) is 59.8 Å². The largest absolute Gasteiger partial charge is 0.481 e. The zero-order chi connectivity index (χ0) is 19.4. The topological polar surface area (TPSA) is 79.7 Å². The Morgan fingerprint density at radius 2 is 1.78 bits per heavy atom. The van der Waals surface area contributed by atoms with Gasteiger partial charge in [-0.1, -0.05) is 30.3 Å². The summed E-state index contributed by atoms with van der Waals surface area (Å²) in [5, 5.41) is 9.86. The number of carboxylic acids is 1. The number of ether oxygens (including phenoxy) is 1. The fourth-order valence-electron chi connectivity index (χ4n) is 3.48. The van der Waals surface area contributed by atoms with Gasteiger partial charge in [0.1, 0.15) is 0 Å². The standard InChI is InChI=1S/C21H24N2O4/c1-15(2)27-18-9-8-16(14-22-18)19(24)23-12-10-21(11-13-23,20(25)26)17-6-4-3-5-7-17/h3-9,14-15H,10-13H2,1-2H3,(H,25,26). The maximum Gasteiger partial charge on any atom is 0.314 e. The van der Waals surface area contributed by atoms with E-state index in [1.54, 1.807) is 17.0 Å². The molecule has 1 aliphatic heterocycles. The minimum Gasteiger partial charge on any atom is -0.481 e. The number of amides is 1. The number of likely N-dealkylation sites (tertiary alicyclic amines) is 1. The van der Waals surface area contributed by atoms with Gasteiger partial charge in [0.25, 0.3) is 5.91 Å². The number of piperidine rings is 1. The number of rotatable bonds is 5. The zero-order valence-corrected chi connectivity index (χ0v) is 15.6. The Bertz CT molecular complexity index is 795. The second kappa shape index (κ2) is 7.78. The lowest BCUT2D eigenvalue weighted by atomic mass is 9.73. The predicted molar refractivity (Wildman–Crippen MR) is 101 cm³/mol. The summed E-state index contributed by atoms with van der Waals surface area (Å²) >= 11 is 0. The molecule has 1 aromatic heterocycles. The van der Waals surface area contributed by atoms with E-state index in [4.69, 9.17) is 4.74 Å². The number of aromatic nitrogens is 1. The third kappa shape index (κ3) is 3.94. The van der Waals surface area contributed by atoms with Gasteiger partial charge in [-0.15, -0.1) is 0 Å². The number of aliphatic carboxylic acids is 1. The van der Waals surface area contributed by atoms with E-state index in [-0.39, 0.29) is 12.0 Å². The average Bonchev–Trinajstić information content (AvgIpc) is 2.68. The molecule has 2 heterocycles. The van der Waals surface area contributed by atoms with E-state index < -0.39 is 11.4 Å². The molecule has 27 heavy (non-hydrogen) atoms. The van der Waals surface area contributed by atoms with E-state index in [2.05, 4.69) is 4.98 Å². The van der Waals surface area contributed by atoms with Gasteiger partial charge < -0.3 is 14.7 Å². The number of carbonyl (C=O) groups excluding carboxylic acids is 1. The van der Waals surface area contributed by atoms with Gasteiger partial charge in [0.05, 0.1) is 17.1 Å². The first-order chi connectivity index (χ1) is 12.9. The Hall–Kier alpha value is -2.89. The van der Waals surface area contributed by atoms with Crippen LogP contribution in [0.5, 0.6) is 5.88 Å². The van der Waals surface area contributed by atoms with Crippen molar-refractivity contribution < 1.29 is 19.4 Å². The molecule has 142 valence electrons. The summed E-state index contributed by atoms with van der Waals surface area (Å²) in [7, 11) is 0. The number of pyridine rings is 1. The van der Waals surface area contributed by atoms with Crippen LogP contribution in [0.15, 0.2) is 48.7 Å². The summed E-state index contributed by atoms with van der Waals surface area (Å²) in [5.74, 6) is -0.488. The predicted octanol–water partition coefficient (Wildman–Crippen LogP) is 3.13. The zero-order valence-electron chi connectivity index (χ0n) is 15.6. The highest BCUT2D eigenvalue weighted by Gasteiger charge is 2.43. The van der Waals surface area contributed by atoms with Gasteiger partial charge in [-0.05, 0) is 38.3 Å². The highest BCUT2D eigenvalue weighted by molar-refractivity contribution is 5.94. The van der Waals surface area contributed by atoms with Crippen LogP contribution in [0.2, 0.25) is 0 Å². The van der Waals surface area contributed by atoms with E-state index >= 15 is 0 Å². The first-order valence-electron chi connectivity index (χ1n) is 9.13. The summed E-state index contributed by atoms with van der Waals surface area (Å²) < 4.78 is 5.50. The number of carboxylic acid groups (broad SMARTS) is 1. The van der Waals surface area contributed by atoms with Crippen molar-refractivity contribution in [3.63, 3.8) is 0 Å². The summed E-state index contributed by atoms with van der Waals surface area (Å²) in [6.45, 7) is 4.61. The number of carbonyl (C=O) groups is 2. The Kier molecular flexibility index (Phi) is 5.44. The van der Waals surface area contributed by atoms with Crippen LogP contribution >= 0.6 is 0 Å². The quantitative estimate of drug-likeness (QED) is 0.877. The van der Waals surface area contributed by atoms with E-state index in [0.29, 0.717) is 37.4 Å². The third-order valence-electron chi connectivity index (χ3n) is 4.98. The van der Waals surface area contributed by atoms with Crippen LogP contribution in [0.1, 0.15) is 42.6 Å². The van der Waals surface area contributed by atoms with Gasteiger partial charge in [0.2, 0.25) is 5.88 Å². The van der Waals surface area contributed by atoms with Gasteiger partial charge in [0, 0.05) is 25.4 Å². The van der Waals surface area contributed by atoms with Crippen LogP contribution in [-0.2, 0) is 10.2 Å².